The Hall–Kier alpha value is -7.20. The molecule has 0 saturated heterocycles. The Morgan fingerprint density at radius 2 is 0.684 bits per heavy atom. The smallest absolute Gasteiger partial charge is 0.0561 e. The fourth-order valence-corrected chi connectivity index (χ4v) is 10.1. The van der Waals surface area contributed by atoms with E-state index in [4.69, 9.17) is 0 Å². The zero-order valence-electron chi connectivity index (χ0n) is 30.9. The van der Waals surface area contributed by atoms with Crippen molar-refractivity contribution in [2.24, 2.45) is 0 Å². The minimum absolute atomic E-state index is 1.14. The molecule has 0 N–H and O–H groups in total. The molecule has 0 aliphatic heterocycles. The molecule has 9 aromatic carbocycles. The molecular weight excluding hydrogens is 709 g/mol. The summed E-state index contributed by atoms with van der Waals surface area (Å²) in [5.41, 5.74) is 14.4. The van der Waals surface area contributed by atoms with Gasteiger partial charge in [-0.2, -0.15) is 0 Å². The van der Waals surface area contributed by atoms with Gasteiger partial charge in [-0.05, 0) is 106 Å². The van der Waals surface area contributed by atoms with E-state index in [-0.39, 0.29) is 0 Å². The summed E-state index contributed by atoms with van der Waals surface area (Å²) >= 11 is 1.86. The van der Waals surface area contributed by atoms with Crippen LogP contribution < -0.4 is 0 Å². The molecule has 3 aromatic heterocycles. The van der Waals surface area contributed by atoms with E-state index < -0.39 is 0 Å². The van der Waals surface area contributed by atoms with Crippen molar-refractivity contribution in [1.29, 1.82) is 0 Å². The molecule has 0 unspecified atom stereocenters. The second-order valence-corrected chi connectivity index (χ2v) is 16.0. The lowest BCUT2D eigenvalue weighted by Crippen LogP contribution is -1.97. The van der Waals surface area contributed by atoms with Crippen LogP contribution in [0.15, 0.2) is 206 Å². The van der Waals surface area contributed by atoms with Crippen LogP contribution in [-0.2, 0) is 0 Å². The maximum Gasteiger partial charge on any atom is 0.0561 e. The van der Waals surface area contributed by atoms with Gasteiger partial charge >= 0.3 is 0 Å². The van der Waals surface area contributed by atoms with Gasteiger partial charge in [0, 0.05) is 53.1 Å². The number of benzene rings is 9. The van der Waals surface area contributed by atoms with Gasteiger partial charge in [-0.15, -0.1) is 11.3 Å². The molecular formula is C54H34N2S. The van der Waals surface area contributed by atoms with E-state index in [1.165, 1.54) is 97.2 Å². The van der Waals surface area contributed by atoms with Crippen LogP contribution in [0.1, 0.15) is 0 Å². The van der Waals surface area contributed by atoms with Crippen LogP contribution in [0.25, 0.3) is 109 Å². The topological polar surface area (TPSA) is 9.86 Å². The summed E-state index contributed by atoms with van der Waals surface area (Å²) in [6, 6.07) is 75.8. The lowest BCUT2D eigenvalue weighted by molar-refractivity contribution is 1.16. The first-order chi connectivity index (χ1) is 28.2. The standard InChI is InChI=1S/C54H34N2S/c1-4-12-35(13-5-1)38-20-26-49-45(30-38)43-25-23-42(34-52(43)56(49)41-24-29-54-48(33-41)44-18-10-11-19-53(44)57-54)55-50-27-21-39(36-14-6-2-7-15-36)31-46(50)47-32-40(22-28-51(47)55)37-16-8-3-9-17-37/h1-34H. The molecule has 0 bridgehead atoms. The van der Waals surface area contributed by atoms with Gasteiger partial charge in [0.1, 0.15) is 0 Å². The first kappa shape index (κ1) is 32.1. The van der Waals surface area contributed by atoms with Crippen LogP contribution in [-0.4, -0.2) is 9.13 Å². The van der Waals surface area contributed by atoms with Gasteiger partial charge in [0.05, 0.1) is 22.1 Å². The van der Waals surface area contributed by atoms with Gasteiger partial charge in [0.15, 0.2) is 0 Å². The molecule has 0 radical (unpaired) electrons. The summed E-state index contributed by atoms with van der Waals surface area (Å²) in [5.74, 6) is 0. The molecule has 12 rings (SSSR count). The maximum absolute atomic E-state index is 2.48. The Kier molecular flexibility index (Phi) is 7.13. The van der Waals surface area contributed by atoms with Crippen molar-refractivity contribution in [3.8, 4) is 44.8 Å². The molecule has 3 heterocycles. The molecule has 57 heavy (non-hydrogen) atoms. The Balaban J connectivity index is 1.13. The number of fused-ring (bicyclic) bond motifs is 9. The Labute approximate surface area is 333 Å². The Morgan fingerprint density at radius 1 is 0.246 bits per heavy atom. The molecule has 0 aliphatic carbocycles. The highest BCUT2D eigenvalue weighted by Crippen LogP contribution is 2.42. The first-order valence-electron chi connectivity index (χ1n) is 19.5. The summed E-state index contributed by atoms with van der Waals surface area (Å²) in [7, 11) is 0. The van der Waals surface area contributed by atoms with Gasteiger partial charge in [-0.1, -0.05) is 133 Å². The van der Waals surface area contributed by atoms with Gasteiger partial charge < -0.3 is 9.13 Å². The van der Waals surface area contributed by atoms with Gasteiger partial charge in [0.2, 0.25) is 0 Å². The van der Waals surface area contributed by atoms with E-state index in [1.807, 2.05) is 11.3 Å². The summed E-state index contributed by atoms with van der Waals surface area (Å²) in [6.45, 7) is 0. The normalized spacial score (nSPS) is 11.9. The maximum atomic E-state index is 2.48. The second kappa shape index (κ2) is 12.7. The van der Waals surface area contributed by atoms with Gasteiger partial charge in [0.25, 0.3) is 0 Å². The number of nitrogens with zero attached hydrogens (tertiary/aromatic N) is 2. The zero-order chi connectivity index (χ0) is 37.5. The number of hydrogen-bond acceptors (Lipinski definition) is 1. The quantitative estimate of drug-likeness (QED) is 0.166. The van der Waals surface area contributed by atoms with Crippen LogP contribution in [0.2, 0.25) is 0 Å². The fourth-order valence-electron chi connectivity index (χ4n) is 9.01. The summed E-state index contributed by atoms with van der Waals surface area (Å²) in [4.78, 5) is 0. The van der Waals surface area contributed by atoms with Crippen molar-refractivity contribution in [3.05, 3.63) is 206 Å². The molecule has 0 saturated carbocycles. The van der Waals surface area contributed by atoms with Crippen LogP contribution >= 0.6 is 11.3 Å². The molecule has 0 aliphatic rings. The predicted octanol–water partition coefficient (Wildman–Crippen LogP) is 15.2. The lowest BCUT2D eigenvalue weighted by atomic mass is 10.0. The average Bonchev–Trinajstić information content (AvgIpc) is 3.93. The molecule has 0 fully saturated rings. The van der Waals surface area contributed by atoms with E-state index in [0.29, 0.717) is 0 Å². The SMILES string of the molecule is c1ccc(-c2ccc3c(c2)c2cc(-c4ccccc4)ccc2n3-c2ccc3c4cc(-c5ccccc5)ccc4n(-c4ccc5sc6ccccc6c5c4)c3c2)cc1. The second-order valence-electron chi connectivity index (χ2n) is 14.9. The minimum atomic E-state index is 1.14. The van der Waals surface area contributed by atoms with Crippen molar-refractivity contribution in [1.82, 2.24) is 9.13 Å². The Bertz CT molecular complexity index is 3400. The first-order valence-corrected chi connectivity index (χ1v) is 20.3. The molecule has 266 valence electrons. The van der Waals surface area contributed by atoms with E-state index in [2.05, 4.69) is 215 Å². The van der Waals surface area contributed by atoms with Crippen LogP contribution in [0, 0.1) is 0 Å². The highest BCUT2D eigenvalue weighted by Gasteiger charge is 2.19. The van der Waals surface area contributed by atoms with Crippen LogP contribution in [0.3, 0.4) is 0 Å². The number of aromatic nitrogens is 2. The van der Waals surface area contributed by atoms with Crippen molar-refractivity contribution in [3.63, 3.8) is 0 Å². The molecule has 0 amide bonds. The number of thiophene rings is 1. The lowest BCUT2D eigenvalue weighted by Gasteiger charge is -2.12. The summed E-state index contributed by atoms with van der Waals surface area (Å²) in [5, 5.41) is 7.57. The zero-order valence-corrected chi connectivity index (χ0v) is 31.7. The largest absolute Gasteiger partial charge is 0.309 e. The van der Waals surface area contributed by atoms with Crippen LogP contribution in [0.5, 0.6) is 0 Å². The van der Waals surface area contributed by atoms with Crippen molar-refractivity contribution in [2.45, 2.75) is 0 Å². The third kappa shape index (κ3) is 5.10. The van der Waals surface area contributed by atoms with Crippen molar-refractivity contribution in [2.75, 3.05) is 0 Å². The minimum Gasteiger partial charge on any atom is -0.309 e. The fraction of sp³-hybridized carbons (Fsp3) is 0. The predicted molar refractivity (Wildman–Crippen MR) is 244 cm³/mol. The summed E-state index contributed by atoms with van der Waals surface area (Å²) < 4.78 is 7.56. The molecule has 12 aromatic rings. The van der Waals surface area contributed by atoms with Gasteiger partial charge in [-0.3, -0.25) is 0 Å². The molecule has 2 nitrogen and oxygen atoms in total. The van der Waals surface area contributed by atoms with Gasteiger partial charge in [-0.25, -0.2) is 0 Å². The number of rotatable bonds is 5. The van der Waals surface area contributed by atoms with E-state index in [0.717, 1.165) is 11.4 Å². The third-order valence-corrected chi connectivity index (χ3v) is 12.9. The monoisotopic (exact) mass is 742 g/mol. The average molecular weight is 743 g/mol. The molecule has 3 heteroatoms. The van der Waals surface area contributed by atoms with E-state index >= 15 is 0 Å². The summed E-state index contributed by atoms with van der Waals surface area (Å²) in [6.07, 6.45) is 0. The Morgan fingerprint density at radius 3 is 1.25 bits per heavy atom. The number of hydrogen-bond donors (Lipinski definition) is 0. The van der Waals surface area contributed by atoms with Crippen LogP contribution in [0.4, 0.5) is 0 Å². The van der Waals surface area contributed by atoms with E-state index in [9.17, 15) is 0 Å². The molecule has 0 atom stereocenters. The molecule has 0 spiro atoms. The van der Waals surface area contributed by atoms with Crippen molar-refractivity contribution < 1.29 is 0 Å². The van der Waals surface area contributed by atoms with Crippen molar-refractivity contribution >= 4 is 75.1 Å². The third-order valence-electron chi connectivity index (χ3n) is 11.7. The van der Waals surface area contributed by atoms with E-state index in [1.54, 1.807) is 0 Å². The highest BCUT2D eigenvalue weighted by atomic mass is 32.1. The highest BCUT2D eigenvalue weighted by molar-refractivity contribution is 7.25.